The van der Waals surface area contributed by atoms with Gasteiger partial charge >= 0.3 is 13.8 Å². The highest BCUT2D eigenvalue weighted by atomic mass is 31.2. The number of carbonyl (C=O) groups is 1. The Morgan fingerprint density at radius 3 is 1.29 bits per heavy atom. The van der Waals surface area contributed by atoms with Crippen LogP contribution in [-0.2, 0) is 27.9 Å². The van der Waals surface area contributed by atoms with E-state index in [1.165, 1.54) is 161 Å². The Labute approximate surface area is 303 Å². The van der Waals surface area contributed by atoms with Gasteiger partial charge in [0, 0.05) is 19.6 Å². The molecule has 0 radical (unpaired) electrons. The summed E-state index contributed by atoms with van der Waals surface area (Å²) >= 11 is 0. The number of phosphoric ester groups is 1. The Balaban J connectivity index is 3.97. The fourth-order valence-electron chi connectivity index (χ4n) is 6.17. The van der Waals surface area contributed by atoms with Crippen molar-refractivity contribution >= 4 is 13.8 Å². The van der Waals surface area contributed by atoms with Gasteiger partial charge in [-0.25, -0.2) is 4.57 Å². The number of rotatable bonds is 41. The SMILES string of the molecule is CCCCCCCCCCCCCCCCCCCCC(=O)O[C@H](COCCCCCCCCCCCCCC)COP(=O)(O)OCCN. The van der Waals surface area contributed by atoms with Crippen molar-refractivity contribution in [2.24, 2.45) is 5.73 Å². The van der Waals surface area contributed by atoms with Crippen LogP contribution in [0, 0.1) is 0 Å². The van der Waals surface area contributed by atoms with Gasteiger partial charge in [0.25, 0.3) is 0 Å². The van der Waals surface area contributed by atoms with Crippen LogP contribution in [0.4, 0.5) is 0 Å². The molecule has 0 aliphatic rings. The lowest BCUT2D eigenvalue weighted by Gasteiger charge is -2.20. The number of phosphoric acid groups is 1. The zero-order valence-corrected chi connectivity index (χ0v) is 33.3. The van der Waals surface area contributed by atoms with Crippen LogP contribution in [0.15, 0.2) is 0 Å². The molecule has 0 saturated carbocycles. The molecule has 0 fully saturated rings. The minimum atomic E-state index is -4.26. The molecule has 8 nitrogen and oxygen atoms in total. The molecule has 0 rings (SSSR count). The normalized spacial score (nSPS) is 13.5. The van der Waals surface area contributed by atoms with Gasteiger partial charge in [0.2, 0.25) is 0 Å². The van der Waals surface area contributed by atoms with Crippen LogP contribution in [-0.4, -0.2) is 49.9 Å². The quantitative estimate of drug-likeness (QED) is 0.0364. The van der Waals surface area contributed by atoms with Gasteiger partial charge < -0.3 is 20.1 Å². The third kappa shape index (κ3) is 38.6. The molecule has 0 amide bonds. The van der Waals surface area contributed by atoms with Gasteiger partial charge in [-0.3, -0.25) is 13.8 Å². The summed E-state index contributed by atoms with van der Waals surface area (Å²) in [6, 6.07) is 0. The van der Waals surface area contributed by atoms with Crippen LogP contribution in [0.2, 0.25) is 0 Å². The highest BCUT2D eigenvalue weighted by Crippen LogP contribution is 2.43. The third-order valence-electron chi connectivity index (χ3n) is 9.27. The van der Waals surface area contributed by atoms with Crippen LogP contribution < -0.4 is 5.73 Å². The van der Waals surface area contributed by atoms with Crippen LogP contribution in [0.3, 0.4) is 0 Å². The highest BCUT2D eigenvalue weighted by molar-refractivity contribution is 7.47. The second kappa shape index (κ2) is 38.7. The molecule has 0 aromatic carbocycles. The summed E-state index contributed by atoms with van der Waals surface area (Å²) in [6.45, 7) is 4.97. The summed E-state index contributed by atoms with van der Waals surface area (Å²) in [5, 5.41) is 0. The molecule has 0 aliphatic carbocycles. The Hall–Kier alpha value is -0.500. The fourth-order valence-corrected chi connectivity index (χ4v) is 6.94. The van der Waals surface area contributed by atoms with Crippen molar-refractivity contribution in [2.75, 3.05) is 33.0 Å². The summed E-state index contributed by atoms with van der Waals surface area (Å²) in [5.74, 6) is -0.324. The number of hydrogen-bond acceptors (Lipinski definition) is 7. The van der Waals surface area contributed by atoms with E-state index < -0.39 is 13.9 Å². The molecule has 0 saturated heterocycles. The number of nitrogens with two attached hydrogens (primary N) is 1. The molecule has 0 aromatic rings. The van der Waals surface area contributed by atoms with Gasteiger partial charge in [0.1, 0.15) is 6.10 Å². The van der Waals surface area contributed by atoms with Gasteiger partial charge in [-0.15, -0.1) is 0 Å². The standard InChI is InChI=1S/C40H82NO7P/c1-3-5-7-9-11-13-15-17-18-19-20-21-22-23-25-27-29-31-33-40(42)48-39(38-47-49(43,44)46-36-34-41)37-45-35-32-30-28-26-24-16-14-12-10-8-6-4-2/h39H,3-38,41H2,1-2H3,(H,43,44)/t39-/m1/s1. The first-order chi connectivity index (χ1) is 23.9. The summed E-state index contributed by atoms with van der Waals surface area (Å²) in [5.41, 5.74) is 5.36. The van der Waals surface area contributed by atoms with Crippen molar-refractivity contribution in [3.05, 3.63) is 0 Å². The highest BCUT2D eigenvalue weighted by Gasteiger charge is 2.25. The molecule has 49 heavy (non-hydrogen) atoms. The van der Waals surface area contributed by atoms with E-state index in [9.17, 15) is 14.3 Å². The van der Waals surface area contributed by atoms with E-state index in [4.69, 9.17) is 24.3 Å². The Kier molecular flexibility index (Phi) is 38.3. The molecule has 0 bridgehead atoms. The Morgan fingerprint density at radius 1 is 0.531 bits per heavy atom. The van der Waals surface area contributed by atoms with Gasteiger partial charge in [-0.1, -0.05) is 194 Å². The largest absolute Gasteiger partial charge is 0.472 e. The van der Waals surface area contributed by atoms with Gasteiger partial charge in [-0.2, -0.15) is 0 Å². The van der Waals surface area contributed by atoms with Crippen LogP contribution in [0.1, 0.15) is 213 Å². The predicted molar refractivity (Wildman–Crippen MR) is 206 cm³/mol. The van der Waals surface area contributed by atoms with Gasteiger partial charge in [-0.05, 0) is 12.8 Å². The van der Waals surface area contributed by atoms with E-state index >= 15 is 0 Å². The zero-order valence-electron chi connectivity index (χ0n) is 32.5. The van der Waals surface area contributed by atoms with Crippen molar-refractivity contribution < 1.29 is 32.8 Å². The first kappa shape index (κ1) is 48.5. The predicted octanol–water partition coefficient (Wildman–Crippen LogP) is 12.1. The lowest BCUT2D eigenvalue weighted by Crippen LogP contribution is -2.28. The minimum Gasteiger partial charge on any atom is -0.457 e. The summed E-state index contributed by atoms with van der Waals surface area (Å²) < 4.78 is 33.4. The van der Waals surface area contributed by atoms with Crippen molar-refractivity contribution in [1.29, 1.82) is 0 Å². The van der Waals surface area contributed by atoms with E-state index in [1.807, 2.05) is 0 Å². The van der Waals surface area contributed by atoms with Crippen molar-refractivity contribution in [3.63, 3.8) is 0 Å². The van der Waals surface area contributed by atoms with Gasteiger partial charge in [0.05, 0.1) is 19.8 Å². The van der Waals surface area contributed by atoms with Crippen molar-refractivity contribution in [1.82, 2.24) is 0 Å². The Morgan fingerprint density at radius 2 is 0.898 bits per heavy atom. The van der Waals surface area contributed by atoms with E-state index in [0.717, 1.165) is 32.1 Å². The van der Waals surface area contributed by atoms with Crippen LogP contribution in [0.5, 0.6) is 0 Å². The molecule has 0 heterocycles. The number of carbonyl (C=O) groups excluding carboxylic acids is 1. The number of unbranched alkanes of at least 4 members (excludes halogenated alkanes) is 28. The van der Waals surface area contributed by atoms with E-state index in [-0.39, 0.29) is 32.3 Å². The first-order valence-electron chi connectivity index (χ1n) is 21.0. The average Bonchev–Trinajstić information content (AvgIpc) is 3.09. The van der Waals surface area contributed by atoms with E-state index in [2.05, 4.69) is 13.8 Å². The molecular formula is C40H82NO7P. The van der Waals surface area contributed by atoms with Crippen LogP contribution in [0.25, 0.3) is 0 Å². The molecule has 1 unspecified atom stereocenters. The molecule has 0 aromatic heterocycles. The summed E-state index contributed by atoms with van der Waals surface area (Å²) in [7, 11) is -4.26. The maximum Gasteiger partial charge on any atom is 0.472 e. The first-order valence-corrected chi connectivity index (χ1v) is 22.5. The number of esters is 1. The summed E-state index contributed by atoms with van der Waals surface area (Å²) in [4.78, 5) is 22.4. The molecule has 3 N–H and O–H groups in total. The maximum atomic E-state index is 12.6. The Bertz CT molecular complexity index is 727. The maximum absolute atomic E-state index is 12.6. The average molecular weight is 720 g/mol. The fraction of sp³-hybridized carbons (Fsp3) is 0.975. The van der Waals surface area contributed by atoms with Crippen LogP contribution >= 0.6 is 7.82 Å². The lowest BCUT2D eigenvalue weighted by atomic mass is 10.0. The second-order valence-electron chi connectivity index (χ2n) is 14.2. The number of ether oxygens (including phenoxy) is 2. The smallest absolute Gasteiger partial charge is 0.457 e. The lowest BCUT2D eigenvalue weighted by molar-refractivity contribution is -0.154. The minimum absolute atomic E-state index is 0.0902. The molecule has 0 aliphatic heterocycles. The zero-order chi connectivity index (χ0) is 35.9. The number of hydrogen-bond donors (Lipinski definition) is 2. The molecule has 0 spiro atoms. The summed E-state index contributed by atoms with van der Waals surface area (Å²) in [6.07, 6.45) is 38.3. The van der Waals surface area contributed by atoms with Crippen molar-refractivity contribution in [3.8, 4) is 0 Å². The molecule has 2 atom stereocenters. The topological polar surface area (TPSA) is 117 Å². The van der Waals surface area contributed by atoms with E-state index in [0.29, 0.717) is 13.0 Å². The van der Waals surface area contributed by atoms with Gasteiger partial charge in [0.15, 0.2) is 0 Å². The molecular weight excluding hydrogens is 637 g/mol. The third-order valence-corrected chi connectivity index (χ3v) is 10.3. The molecule has 9 heteroatoms. The molecule has 294 valence electrons. The second-order valence-corrected chi connectivity index (χ2v) is 15.7. The monoisotopic (exact) mass is 720 g/mol. The van der Waals surface area contributed by atoms with Crippen molar-refractivity contribution in [2.45, 2.75) is 219 Å². The van der Waals surface area contributed by atoms with E-state index in [1.54, 1.807) is 0 Å².